The number of nitrogens with one attached hydrogen (secondary N) is 1. The molecule has 0 radical (unpaired) electrons. The number of hydrogen-bond acceptors (Lipinski definition) is 3. The molecule has 0 aromatic rings. The predicted molar refractivity (Wildman–Crippen MR) is 87.1 cm³/mol. The Morgan fingerprint density at radius 3 is 2.24 bits per heavy atom. The van der Waals surface area contributed by atoms with Gasteiger partial charge in [0.1, 0.15) is 0 Å². The average molecular weight is 294 g/mol. The zero-order chi connectivity index (χ0) is 15.7. The predicted octanol–water partition coefficient (Wildman–Crippen LogP) is 2.79. The summed E-state index contributed by atoms with van der Waals surface area (Å²) in [6.45, 7) is 17.0. The molecular weight excluding hydrogens is 260 g/mol. The number of rotatable bonds is 4. The molecule has 0 spiro atoms. The van der Waals surface area contributed by atoms with Crippen LogP contribution in [0.1, 0.15) is 54.4 Å². The van der Waals surface area contributed by atoms with Gasteiger partial charge in [-0.2, -0.15) is 0 Å². The van der Waals surface area contributed by atoms with Gasteiger partial charge in [-0.3, -0.25) is 0 Å². The van der Waals surface area contributed by atoms with Gasteiger partial charge in [0, 0.05) is 30.0 Å². The van der Waals surface area contributed by atoms with Crippen molar-refractivity contribution in [3.05, 3.63) is 0 Å². The van der Waals surface area contributed by atoms with Crippen LogP contribution in [0.4, 0.5) is 0 Å². The summed E-state index contributed by atoms with van der Waals surface area (Å²) < 4.78 is 5.99. The van der Waals surface area contributed by atoms with E-state index < -0.39 is 0 Å². The second kappa shape index (κ2) is 4.46. The molecule has 3 atom stereocenters. The van der Waals surface area contributed by atoms with Gasteiger partial charge in [-0.1, -0.05) is 41.5 Å². The lowest BCUT2D eigenvalue weighted by Crippen LogP contribution is -2.80. The lowest BCUT2D eigenvalue weighted by molar-refractivity contribution is -0.225. The van der Waals surface area contributed by atoms with E-state index >= 15 is 0 Å². The van der Waals surface area contributed by atoms with Crippen LogP contribution in [-0.2, 0) is 4.74 Å². The Morgan fingerprint density at radius 2 is 1.67 bits per heavy atom. The van der Waals surface area contributed by atoms with Crippen LogP contribution in [0, 0.1) is 28.1 Å². The molecule has 1 heterocycles. The van der Waals surface area contributed by atoms with Gasteiger partial charge in [-0.05, 0) is 36.1 Å². The molecule has 3 aliphatic rings. The highest BCUT2D eigenvalue weighted by Crippen LogP contribution is 2.68. The smallest absolute Gasteiger partial charge is 0.0690 e. The third-order valence-corrected chi connectivity index (χ3v) is 7.98. The SMILES string of the molecule is CC1(C)C(CNCC2(N)C3CCCOC3C2(C)C)C1(C)C. The van der Waals surface area contributed by atoms with Gasteiger partial charge in [-0.25, -0.2) is 0 Å². The van der Waals surface area contributed by atoms with E-state index in [0.717, 1.165) is 25.6 Å². The number of ether oxygens (including phenoxy) is 1. The lowest BCUT2D eigenvalue weighted by Gasteiger charge is -2.66. The van der Waals surface area contributed by atoms with Gasteiger partial charge < -0.3 is 15.8 Å². The van der Waals surface area contributed by atoms with Crippen LogP contribution in [0.2, 0.25) is 0 Å². The summed E-state index contributed by atoms with van der Waals surface area (Å²) in [4.78, 5) is 0. The molecule has 3 fully saturated rings. The van der Waals surface area contributed by atoms with Gasteiger partial charge in [0.05, 0.1) is 6.10 Å². The van der Waals surface area contributed by atoms with E-state index in [0.29, 0.717) is 22.9 Å². The van der Waals surface area contributed by atoms with Crippen molar-refractivity contribution in [3.8, 4) is 0 Å². The van der Waals surface area contributed by atoms with Gasteiger partial charge in [0.25, 0.3) is 0 Å². The first-order valence-corrected chi connectivity index (χ1v) is 8.68. The fourth-order valence-corrected chi connectivity index (χ4v) is 5.29. The summed E-state index contributed by atoms with van der Waals surface area (Å²) in [6.07, 6.45) is 2.76. The van der Waals surface area contributed by atoms with E-state index in [4.69, 9.17) is 10.5 Å². The Hall–Kier alpha value is -0.120. The summed E-state index contributed by atoms with van der Waals surface area (Å²) in [5.74, 6) is 1.30. The maximum atomic E-state index is 6.83. The first-order chi connectivity index (χ1) is 9.57. The van der Waals surface area contributed by atoms with Crippen molar-refractivity contribution in [2.75, 3.05) is 19.7 Å². The number of fused-ring (bicyclic) bond motifs is 1. The average Bonchev–Trinajstić information content (AvgIpc) is 2.80. The molecule has 0 bridgehead atoms. The minimum Gasteiger partial charge on any atom is -0.377 e. The second-order valence-corrected chi connectivity index (χ2v) is 9.43. The Kier molecular flexibility index (Phi) is 3.34. The van der Waals surface area contributed by atoms with Crippen LogP contribution >= 0.6 is 0 Å². The zero-order valence-electron chi connectivity index (χ0n) is 14.8. The monoisotopic (exact) mass is 294 g/mol. The molecule has 0 amide bonds. The topological polar surface area (TPSA) is 47.3 Å². The summed E-state index contributed by atoms with van der Waals surface area (Å²) in [5, 5.41) is 3.71. The largest absolute Gasteiger partial charge is 0.377 e. The maximum Gasteiger partial charge on any atom is 0.0690 e. The highest BCUT2D eigenvalue weighted by molar-refractivity contribution is 5.21. The number of nitrogens with two attached hydrogens (primary N) is 1. The lowest BCUT2D eigenvalue weighted by atomic mass is 9.46. The van der Waals surface area contributed by atoms with E-state index in [9.17, 15) is 0 Å². The molecule has 21 heavy (non-hydrogen) atoms. The van der Waals surface area contributed by atoms with Gasteiger partial charge >= 0.3 is 0 Å². The Balaban J connectivity index is 1.58. The fourth-order valence-electron chi connectivity index (χ4n) is 5.29. The fraction of sp³-hybridized carbons (Fsp3) is 1.00. The van der Waals surface area contributed by atoms with Gasteiger partial charge in [0.15, 0.2) is 0 Å². The molecule has 3 N–H and O–H groups in total. The summed E-state index contributed by atoms with van der Waals surface area (Å²) >= 11 is 0. The van der Waals surface area contributed by atoms with Crippen molar-refractivity contribution in [1.29, 1.82) is 0 Å². The van der Waals surface area contributed by atoms with Crippen molar-refractivity contribution in [2.24, 2.45) is 33.8 Å². The third-order valence-electron chi connectivity index (χ3n) is 7.98. The van der Waals surface area contributed by atoms with Crippen LogP contribution in [0.5, 0.6) is 0 Å². The Bertz CT molecular complexity index is 415. The summed E-state index contributed by atoms with van der Waals surface area (Å²) in [6, 6.07) is 0. The van der Waals surface area contributed by atoms with Gasteiger partial charge in [-0.15, -0.1) is 0 Å². The van der Waals surface area contributed by atoms with Crippen LogP contribution < -0.4 is 11.1 Å². The quantitative estimate of drug-likeness (QED) is 0.838. The third kappa shape index (κ3) is 1.90. The second-order valence-electron chi connectivity index (χ2n) is 9.43. The molecule has 3 rings (SSSR count). The molecule has 1 saturated heterocycles. The van der Waals surface area contributed by atoms with Crippen molar-refractivity contribution < 1.29 is 4.74 Å². The molecule has 2 aliphatic carbocycles. The standard InChI is InChI=1S/C18H34N2O/c1-15(2)13(16(15,3)4)10-20-11-18(19)12-8-7-9-21-14(12)17(18,5)6/h12-14,20H,7-11,19H2,1-6H3. The maximum absolute atomic E-state index is 6.83. The minimum absolute atomic E-state index is 0.0830. The Labute approximate surface area is 130 Å². The van der Waals surface area contributed by atoms with E-state index in [1.165, 1.54) is 12.8 Å². The highest BCUT2D eigenvalue weighted by Gasteiger charge is 2.67. The van der Waals surface area contributed by atoms with Crippen LogP contribution in [0.15, 0.2) is 0 Å². The molecule has 3 unspecified atom stereocenters. The van der Waals surface area contributed by atoms with E-state index in [1.807, 2.05) is 0 Å². The first-order valence-electron chi connectivity index (χ1n) is 8.68. The number of hydrogen-bond donors (Lipinski definition) is 2. The Morgan fingerprint density at radius 1 is 1.05 bits per heavy atom. The van der Waals surface area contributed by atoms with Crippen molar-refractivity contribution in [3.63, 3.8) is 0 Å². The molecule has 2 saturated carbocycles. The highest BCUT2D eigenvalue weighted by atomic mass is 16.5. The van der Waals surface area contributed by atoms with Crippen LogP contribution in [0.3, 0.4) is 0 Å². The van der Waals surface area contributed by atoms with E-state index in [-0.39, 0.29) is 11.0 Å². The molecule has 1 aliphatic heterocycles. The van der Waals surface area contributed by atoms with E-state index in [2.05, 4.69) is 46.9 Å². The molecule has 3 heteroatoms. The molecule has 3 nitrogen and oxygen atoms in total. The first kappa shape index (κ1) is 15.8. The van der Waals surface area contributed by atoms with Gasteiger partial charge in [0.2, 0.25) is 0 Å². The van der Waals surface area contributed by atoms with Crippen molar-refractivity contribution in [2.45, 2.75) is 66.0 Å². The molecule has 0 aromatic heterocycles. The van der Waals surface area contributed by atoms with Crippen molar-refractivity contribution >= 4 is 0 Å². The summed E-state index contributed by atoms with van der Waals surface area (Å²) in [7, 11) is 0. The van der Waals surface area contributed by atoms with Crippen LogP contribution in [0.25, 0.3) is 0 Å². The van der Waals surface area contributed by atoms with E-state index in [1.54, 1.807) is 0 Å². The van der Waals surface area contributed by atoms with Crippen LogP contribution in [-0.4, -0.2) is 31.3 Å². The minimum atomic E-state index is -0.110. The molecule has 0 aromatic carbocycles. The molecular formula is C18H34N2O. The van der Waals surface area contributed by atoms with Crippen molar-refractivity contribution in [1.82, 2.24) is 5.32 Å². The summed E-state index contributed by atoms with van der Waals surface area (Å²) in [5.41, 5.74) is 7.71. The zero-order valence-corrected chi connectivity index (χ0v) is 14.8. The molecule has 122 valence electrons. The normalized spacial score (nSPS) is 43.0.